The molecule has 0 aliphatic carbocycles. The van der Waals surface area contributed by atoms with Crippen molar-refractivity contribution >= 4 is 29.9 Å². The first-order valence-electron chi connectivity index (χ1n) is 7.06. The van der Waals surface area contributed by atoms with Gasteiger partial charge in [0, 0.05) is 24.8 Å². The lowest BCUT2D eigenvalue weighted by atomic mass is 10.1. The summed E-state index contributed by atoms with van der Waals surface area (Å²) in [6.45, 7) is 10.0. The summed E-state index contributed by atoms with van der Waals surface area (Å²) >= 11 is 0. The molecule has 0 unspecified atom stereocenters. The fourth-order valence-corrected chi connectivity index (χ4v) is 2.10. The zero-order valence-corrected chi connectivity index (χ0v) is 15.6. The minimum atomic E-state index is 0. The number of aliphatic imine (C=N–C) groups is 1. The number of hydrogen-bond acceptors (Lipinski definition) is 2. The maximum absolute atomic E-state index is 5.87. The smallest absolute Gasteiger partial charge is 0.188 e. The van der Waals surface area contributed by atoms with E-state index in [0.29, 0.717) is 18.4 Å². The molecular formula is C14H28IN5. The van der Waals surface area contributed by atoms with Crippen molar-refractivity contribution < 1.29 is 0 Å². The van der Waals surface area contributed by atoms with E-state index in [1.807, 2.05) is 11.7 Å². The molecule has 0 aliphatic heterocycles. The van der Waals surface area contributed by atoms with Gasteiger partial charge in [0.15, 0.2) is 5.96 Å². The van der Waals surface area contributed by atoms with Crippen molar-refractivity contribution in [2.45, 2.75) is 47.1 Å². The van der Waals surface area contributed by atoms with E-state index in [1.165, 1.54) is 11.3 Å². The van der Waals surface area contributed by atoms with Crippen molar-refractivity contribution in [3.8, 4) is 0 Å². The standard InChI is InChI=1S/C14H27N5.HI/c1-6-12-11(13(7-2)19(5)18-12)9-17-14(15)16-8-10(3)4;/h10H,6-9H2,1-5H3,(H3,15,16,17);1H. The Morgan fingerprint density at radius 3 is 2.50 bits per heavy atom. The van der Waals surface area contributed by atoms with Gasteiger partial charge in [-0.2, -0.15) is 5.10 Å². The van der Waals surface area contributed by atoms with Crippen LogP contribution in [0.4, 0.5) is 0 Å². The number of nitrogens with two attached hydrogens (primary N) is 1. The van der Waals surface area contributed by atoms with Crippen LogP contribution in [0.3, 0.4) is 0 Å². The molecule has 0 aromatic carbocycles. The Bertz CT molecular complexity index is 437. The maximum Gasteiger partial charge on any atom is 0.188 e. The van der Waals surface area contributed by atoms with E-state index in [0.717, 1.165) is 25.1 Å². The Kier molecular flexibility index (Phi) is 8.84. The second-order valence-corrected chi connectivity index (χ2v) is 5.18. The Morgan fingerprint density at radius 2 is 2.00 bits per heavy atom. The van der Waals surface area contributed by atoms with Gasteiger partial charge in [-0.25, -0.2) is 4.99 Å². The predicted octanol–water partition coefficient (Wildman–Crippen LogP) is 2.22. The van der Waals surface area contributed by atoms with Gasteiger partial charge in [0.25, 0.3) is 0 Å². The van der Waals surface area contributed by atoms with Gasteiger partial charge in [0.2, 0.25) is 0 Å². The Morgan fingerprint density at radius 1 is 1.35 bits per heavy atom. The van der Waals surface area contributed by atoms with E-state index < -0.39 is 0 Å². The molecule has 0 saturated heterocycles. The molecule has 0 amide bonds. The maximum atomic E-state index is 5.87. The van der Waals surface area contributed by atoms with Crippen molar-refractivity contribution in [3.63, 3.8) is 0 Å². The van der Waals surface area contributed by atoms with Crippen molar-refractivity contribution in [2.24, 2.45) is 23.7 Å². The molecule has 3 N–H and O–H groups in total. The lowest BCUT2D eigenvalue weighted by molar-refractivity contribution is 0.621. The van der Waals surface area contributed by atoms with Gasteiger partial charge in [-0.05, 0) is 18.8 Å². The van der Waals surface area contributed by atoms with Crippen LogP contribution in [-0.4, -0.2) is 22.3 Å². The lowest BCUT2D eigenvalue weighted by Gasteiger charge is -2.08. The van der Waals surface area contributed by atoms with Gasteiger partial charge in [-0.3, -0.25) is 4.68 Å². The summed E-state index contributed by atoms with van der Waals surface area (Å²) in [7, 11) is 1.99. The SMILES string of the molecule is CCc1nn(C)c(CC)c1CN=C(N)NCC(C)C.I. The molecule has 0 aliphatic rings. The second kappa shape index (κ2) is 9.20. The second-order valence-electron chi connectivity index (χ2n) is 5.18. The molecule has 1 aromatic rings. The highest BCUT2D eigenvalue weighted by molar-refractivity contribution is 14.0. The van der Waals surface area contributed by atoms with Crippen LogP contribution in [0, 0.1) is 5.92 Å². The summed E-state index contributed by atoms with van der Waals surface area (Å²) in [6, 6.07) is 0. The first-order chi connectivity index (χ1) is 8.99. The monoisotopic (exact) mass is 393 g/mol. The zero-order valence-electron chi connectivity index (χ0n) is 13.2. The summed E-state index contributed by atoms with van der Waals surface area (Å²) in [5, 5.41) is 7.67. The van der Waals surface area contributed by atoms with Crippen LogP contribution in [0.25, 0.3) is 0 Å². The van der Waals surface area contributed by atoms with Gasteiger partial charge in [-0.1, -0.05) is 27.7 Å². The third-order valence-electron chi connectivity index (χ3n) is 3.13. The van der Waals surface area contributed by atoms with Crippen LogP contribution in [0.15, 0.2) is 4.99 Å². The number of guanidine groups is 1. The molecule has 0 fully saturated rings. The molecule has 1 aromatic heterocycles. The zero-order chi connectivity index (χ0) is 14.4. The lowest BCUT2D eigenvalue weighted by Crippen LogP contribution is -2.34. The summed E-state index contributed by atoms with van der Waals surface area (Å²) in [4.78, 5) is 4.43. The van der Waals surface area contributed by atoms with Crippen LogP contribution in [0.2, 0.25) is 0 Å². The third kappa shape index (κ3) is 5.30. The highest BCUT2D eigenvalue weighted by Crippen LogP contribution is 2.16. The first kappa shape index (κ1) is 19.2. The largest absolute Gasteiger partial charge is 0.370 e. The van der Waals surface area contributed by atoms with E-state index in [2.05, 4.69) is 43.1 Å². The molecule has 0 spiro atoms. The van der Waals surface area contributed by atoms with Crippen LogP contribution >= 0.6 is 24.0 Å². The van der Waals surface area contributed by atoms with Crippen LogP contribution < -0.4 is 11.1 Å². The number of aryl methyl sites for hydroxylation is 2. The van der Waals surface area contributed by atoms with Crippen LogP contribution in [0.5, 0.6) is 0 Å². The molecule has 0 bridgehead atoms. The van der Waals surface area contributed by atoms with Gasteiger partial charge < -0.3 is 11.1 Å². The van der Waals surface area contributed by atoms with Gasteiger partial charge in [-0.15, -0.1) is 24.0 Å². The Labute approximate surface area is 139 Å². The van der Waals surface area contributed by atoms with E-state index in [-0.39, 0.29) is 24.0 Å². The van der Waals surface area contributed by atoms with E-state index in [9.17, 15) is 0 Å². The van der Waals surface area contributed by atoms with Gasteiger partial charge >= 0.3 is 0 Å². The Balaban J connectivity index is 0.00000361. The minimum absolute atomic E-state index is 0. The molecule has 0 radical (unpaired) electrons. The summed E-state index contributed by atoms with van der Waals surface area (Å²) in [5.74, 6) is 1.08. The molecular weight excluding hydrogens is 365 g/mol. The average molecular weight is 393 g/mol. The highest BCUT2D eigenvalue weighted by atomic mass is 127. The number of nitrogens with one attached hydrogen (secondary N) is 1. The van der Waals surface area contributed by atoms with E-state index >= 15 is 0 Å². The van der Waals surface area contributed by atoms with E-state index in [1.54, 1.807) is 0 Å². The molecule has 0 atom stereocenters. The first-order valence-corrected chi connectivity index (χ1v) is 7.06. The quantitative estimate of drug-likeness (QED) is 0.443. The normalized spacial score (nSPS) is 11.6. The highest BCUT2D eigenvalue weighted by Gasteiger charge is 2.12. The predicted molar refractivity (Wildman–Crippen MR) is 95.5 cm³/mol. The minimum Gasteiger partial charge on any atom is -0.370 e. The summed E-state index contributed by atoms with van der Waals surface area (Å²) < 4.78 is 1.96. The number of halogens is 1. The molecule has 0 saturated carbocycles. The van der Waals surface area contributed by atoms with Gasteiger partial charge in [0.1, 0.15) is 0 Å². The molecule has 1 heterocycles. The van der Waals surface area contributed by atoms with Crippen molar-refractivity contribution in [1.82, 2.24) is 15.1 Å². The third-order valence-corrected chi connectivity index (χ3v) is 3.13. The summed E-state index contributed by atoms with van der Waals surface area (Å²) in [6.07, 6.45) is 1.89. The van der Waals surface area contributed by atoms with Crippen molar-refractivity contribution in [3.05, 3.63) is 17.0 Å². The fourth-order valence-electron chi connectivity index (χ4n) is 2.10. The van der Waals surface area contributed by atoms with Crippen LogP contribution in [0.1, 0.15) is 44.6 Å². The molecule has 1 rings (SSSR count). The topological polar surface area (TPSA) is 68.2 Å². The van der Waals surface area contributed by atoms with Crippen LogP contribution in [-0.2, 0) is 26.4 Å². The fraction of sp³-hybridized carbons (Fsp3) is 0.714. The Hall–Kier alpha value is -0.790. The molecule has 20 heavy (non-hydrogen) atoms. The number of hydrogen-bond donors (Lipinski definition) is 2. The van der Waals surface area contributed by atoms with Gasteiger partial charge in [0.05, 0.1) is 12.2 Å². The van der Waals surface area contributed by atoms with Crippen molar-refractivity contribution in [2.75, 3.05) is 6.54 Å². The van der Waals surface area contributed by atoms with Crippen molar-refractivity contribution in [1.29, 1.82) is 0 Å². The summed E-state index contributed by atoms with van der Waals surface area (Å²) in [5.41, 5.74) is 9.47. The number of aromatic nitrogens is 2. The molecule has 6 heteroatoms. The average Bonchev–Trinajstić information content (AvgIpc) is 2.69. The number of nitrogens with zero attached hydrogens (tertiary/aromatic N) is 3. The van der Waals surface area contributed by atoms with E-state index in [4.69, 9.17) is 5.73 Å². The molecule has 116 valence electrons. The number of rotatable bonds is 6. The molecule has 5 nitrogen and oxygen atoms in total.